The van der Waals surface area contributed by atoms with E-state index in [9.17, 15) is 4.79 Å². The molecule has 0 unspecified atom stereocenters. The lowest BCUT2D eigenvalue weighted by molar-refractivity contribution is -0.117. The largest absolute Gasteiger partial charge is 0.273 e. The van der Waals surface area contributed by atoms with Crippen LogP contribution in [0.3, 0.4) is 0 Å². The lowest BCUT2D eigenvalue weighted by Crippen LogP contribution is -2.10. The molecule has 54 valence electrons. The third kappa shape index (κ3) is 1.32. The number of carbonyl (C=O) groups is 1. The summed E-state index contributed by atoms with van der Waals surface area (Å²) in [5, 5.41) is 0. The van der Waals surface area contributed by atoms with Gasteiger partial charge in [-0.3, -0.25) is 4.79 Å². The molecule has 10 heavy (non-hydrogen) atoms. The van der Waals surface area contributed by atoms with Crippen LogP contribution in [0.2, 0.25) is 0 Å². The van der Waals surface area contributed by atoms with Gasteiger partial charge in [0.2, 0.25) is 5.91 Å². The Morgan fingerprint density at radius 3 is 2.70 bits per heavy atom. The van der Waals surface area contributed by atoms with Crippen LogP contribution in [0.25, 0.3) is 0 Å². The van der Waals surface area contributed by atoms with Gasteiger partial charge in [-0.2, -0.15) is 0 Å². The van der Waals surface area contributed by atoms with Gasteiger partial charge in [0.1, 0.15) is 0 Å². The van der Waals surface area contributed by atoms with Gasteiger partial charge in [0.05, 0.1) is 0 Å². The van der Waals surface area contributed by atoms with Gasteiger partial charge in [0, 0.05) is 12.1 Å². The summed E-state index contributed by atoms with van der Waals surface area (Å²) in [4.78, 5) is 14.6. The second kappa shape index (κ2) is 2.78. The molecule has 0 saturated carbocycles. The van der Waals surface area contributed by atoms with Crippen LogP contribution in [0.1, 0.15) is 26.7 Å². The molecule has 2 nitrogen and oxygen atoms in total. The van der Waals surface area contributed by atoms with E-state index in [-0.39, 0.29) is 5.91 Å². The fourth-order valence-electron chi connectivity index (χ4n) is 1.09. The maximum atomic E-state index is 10.7. The van der Waals surface area contributed by atoms with Crippen LogP contribution < -0.4 is 0 Å². The minimum atomic E-state index is 0.0168. The van der Waals surface area contributed by atoms with Gasteiger partial charge in [0.15, 0.2) is 0 Å². The quantitative estimate of drug-likeness (QED) is 0.499. The Morgan fingerprint density at radius 2 is 2.20 bits per heavy atom. The predicted molar refractivity (Wildman–Crippen MR) is 41.1 cm³/mol. The Labute approximate surface area is 60.7 Å². The molecule has 0 aromatic heterocycles. The third-order valence-corrected chi connectivity index (χ3v) is 1.71. The number of allylic oxidation sites excluding steroid dienone is 2. The first-order chi connectivity index (χ1) is 4.74. The Bertz CT molecular complexity index is 213. The number of hydrogen-bond acceptors (Lipinski definition) is 1. The van der Waals surface area contributed by atoms with E-state index in [0.29, 0.717) is 6.42 Å². The number of nitrogens with zero attached hydrogens (tertiary/aromatic N) is 1. The zero-order valence-corrected chi connectivity index (χ0v) is 6.35. The number of rotatable bonds is 0. The predicted octanol–water partition coefficient (Wildman–Crippen LogP) is 1.71. The third-order valence-electron chi connectivity index (χ3n) is 1.71. The average molecular weight is 137 g/mol. The van der Waals surface area contributed by atoms with E-state index in [1.807, 2.05) is 19.9 Å². The van der Waals surface area contributed by atoms with Gasteiger partial charge in [-0.25, -0.2) is 4.99 Å². The number of hydrogen-bond donors (Lipinski definition) is 0. The maximum Gasteiger partial charge on any atom is 0.246 e. The summed E-state index contributed by atoms with van der Waals surface area (Å²) in [7, 11) is 0. The van der Waals surface area contributed by atoms with Crippen LogP contribution in [0.5, 0.6) is 0 Å². The van der Waals surface area contributed by atoms with E-state index < -0.39 is 0 Å². The summed E-state index contributed by atoms with van der Waals surface area (Å²) in [5.41, 5.74) is 2.10. The smallest absolute Gasteiger partial charge is 0.246 e. The highest BCUT2D eigenvalue weighted by Crippen LogP contribution is 2.13. The first-order valence-corrected chi connectivity index (χ1v) is 3.47. The van der Waals surface area contributed by atoms with Crippen molar-refractivity contribution >= 4 is 11.6 Å². The van der Waals surface area contributed by atoms with E-state index in [0.717, 1.165) is 12.1 Å². The lowest BCUT2D eigenvalue weighted by Gasteiger charge is -2.09. The van der Waals surface area contributed by atoms with Crippen molar-refractivity contribution in [3.63, 3.8) is 0 Å². The molecule has 0 aromatic carbocycles. The molecule has 1 heterocycles. The lowest BCUT2D eigenvalue weighted by atomic mass is 10.0. The minimum absolute atomic E-state index is 0.0168. The molecule has 0 fully saturated rings. The minimum Gasteiger partial charge on any atom is -0.273 e. The van der Waals surface area contributed by atoms with Gasteiger partial charge in [-0.15, -0.1) is 0 Å². The molecule has 1 aliphatic rings. The van der Waals surface area contributed by atoms with Gasteiger partial charge >= 0.3 is 0 Å². The summed E-state index contributed by atoms with van der Waals surface area (Å²) >= 11 is 0. The molecule has 0 bridgehead atoms. The fraction of sp³-hybridized carbons (Fsp3) is 0.500. The SMILES string of the molecule is CC=C1CCC(=O)N=C1C. The molecule has 0 atom stereocenters. The fourth-order valence-corrected chi connectivity index (χ4v) is 1.09. The molecule has 0 spiro atoms. The standard InChI is InChI=1S/C8H11NO/c1-3-7-4-5-8(10)9-6(7)2/h3H,4-5H2,1-2H3. The van der Waals surface area contributed by atoms with Crippen molar-refractivity contribution in [2.45, 2.75) is 26.7 Å². The van der Waals surface area contributed by atoms with Crippen LogP contribution in [0.4, 0.5) is 0 Å². The van der Waals surface area contributed by atoms with Gasteiger partial charge in [-0.05, 0) is 25.8 Å². The van der Waals surface area contributed by atoms with Gasteiger partial charge in [-0.1, -0.05) is 6.08 Å². The zero-order valence-electron chi connectivity index (χ0n) is 6.35. The van der Waals surface area contributed by atoms with E-state index in [2.05, 4.69) is 4.99 Å². The molecule has 2 heteroatoms. The van der Waals surface area contributed by atoms with Crippen molar-refractivity contribution in [3.05, 3.63) is 11.6 Å². The Hall–Kier alpha value is -0.920. The monoisotopic (exact) mass is 137 g/mol. The van der Waals surface area contributed by atoms with E-state index in [4.69, 9.17) is 0 Å². The average Bonchev–Trinajstić information content (AvgIpc) is 1.88. The van der Waals surface area contributed by atoms with Crippen molar-refractivity contribution in [3.8, 4) is 0 Å². The Morgan fingerprint density at radius 1 is 1.50 bits per heavy atom. The van der Waals surface area contributed by atoms with Crippen molar-refractivity contribution < 1.29 is 4.79 Å². The molecular formula is C8H11NO. The Kier molecular flexibility index (Phi) is 2.00. The van der Waals surface area contributed by atoms with Crippen LogP contribution in [-0.4, -0.2) is 11.6 Å². The molecule has 0 aromatic rings. The summed E-state index contributed by atoms with van der Waals surface area (Å²) in [5.74, 6) is 0.0168. The molecule has 1 rings (SSSR count). The molecule has 1 amide bonds. The van der Waals surface area contributed by atoms with E-state index >= 15 is 0 Å². The maximum absolute atomic E-state index is 10.7. The van der Waals surface area contributed by atoms with Crippen molar-refractivity contribution in [1.29, 1.82) is 0 Å². The summed E-state index contributed by atoms with van der Waals surface area (Å²) in [6, 6.07) is 0. The molecule has 0 radical (unpaired) electrons. The number of carbonyl (C=O) groups excluding carboxylic acids is 1. The Balaban J connectivity index is 2.87. The van der Waals surface area contributed by atoms with Crippen molar-refractivity contribution in [1.82, 2.24) is 0 Å². The summed E-state index contributed by atoms with van der Waals surface area (Å²) < 4.78 is 0. The zero-order chi connectivity index (χ0) is 7.56. The van der Waals surface area contributed by atoms with Crippen molar-refractivity contribution in [2.75, 3.05) is 0 Å². The van der Waals surface area contributed by atoms with Crippen LogP contribution >= 0.6 is 0 Å². The van der Waals surface area contributed by atoms with Gasteiger partial charge < -0.3 is 0 Å². The second-order valence-electron chi connectivity index (χ2n) is 2.40. The van der Waals surface area contributed by atoms with Gasteiger partial charge in [0.25, 0.3) is 0 Å². The summed E-state index contributed by atoms with van der Waals surface area (Å²) in [6.07, 6.45) is 3.47. The van der Waals surface area contributed by atoms with Crippen molar-refractivity contribution in [2.24, 2.45) is 4.99 Å². The van der Waals surface area contributed by atoms with Crippen LogP contribution in [0, 0.1) is 0 Å². The first-order valence-electron chi connectivity index (χ1n) is 3.47. The van der Waals surface area contributed by atoms with Crippen LogP contribution in [-0.2, 0) is 4.79 Å². The highest BCUT2D eigenvalue weighted by Gasteiger charge is 2.11. The number of amides is 1. The highest BCUT2D eigenvalue weighted by molar-refractivity contribution is 6.07. The summed E-state index contributed by atoms with van der Waals surface area (Å²) in [6.45, 7) is 3.86. The first kappa shape index (κ1) is 7.19. The van der Waals surface area contributed by atoms with E-state index in [1.54, 1.807) is 0 Å². The van der Waals surface area contributed by atoms with Crippen LogP contribution in [0.15, 0.2) is 16.6 Å². The second-order valence-corrected chi connectivity index (χ2v) is 2.40. The van der Waals surface area contributed by atoms with E-state index in [1.165, 1.54) is 5.57 Å². The molecule has 0 aliphatic carbocycles. The number of aliphatic imine (C=N–C) groups is 1. The molecule has 0 N–H and O–H groups in total. The topological polar surface area (TPSA) is 29.4 Å². The highest BCUT2D eigenvalue weighted by atomic mass is 16.1. The normalized spacial score (nSPS) is 23.2. The molecule has 0 saturated heterocycles. The molecule has 1 aliphatic heterocycles. The molecular weight excluding hydrogens is 126 g/mol.